The van der Waals surface area contributed by atoms with Crippen LogP contribution < -0.4 is 19.5 Å². The third-order valence-corrected chi connectivity index (χ3v) is 5.18. The van der Waals surface area contributed by atoms with Crippen molar-refractivity contribution in [2.75, 3.05) is 42.0 Å². The Morgan fingerprint density at radius 2 is 1.50 bits per heavy atom. The molecule has 0 aliphatic rings. The highest BCUT2D eigenvalue weighted by molar-refractivity contribution is 6.01. The molecule has 158 valence electrons. The molecule has 0 spiro atoms. The van der Waals surface area contributed by atoms with Gasteiger partial charge in [0.1, 0.15) is 5.75 Å². The quantitative estimate of drug-likeness (QED) is 0.613. The van der Waals surface area contributed by atoms with Crippen LogP contribution in [0.3, 0.4) is 0 Å². The highest BCUT2D eigenvalue weighted by atomic mass is 16.5. The smallest absolute Gasteiger partial charge is 0.255 e. The van der Waals surface area contributed by atoms with Gasteiger partial charge in [-0.3, -0.25) is 4.79 Å². The van der Waals surface area contributed by atoms with Crippen molar-refractivity contribution in [2.24, 2.45) is 0 Å². The molecule has 1 amide bonds. The van der Waals surface area contributed by atoms with Crippen molar-refractivity contribution in [3.8, 4) is 17.2 Å². The Morgan fingerprint density at radius 3 is 2.10 bits per heavy atom. The van der Waals surface area contributed by atoms with E-state index in [0.29, 0.717) is 29.4 Å². The molecule has 3 rings (SSSR count). The van der Waals surface area contributed by atoms with E-state index in [2.05, 4.69) is 10.2 Å². The molecule has 0 aliphatic carbocycles. The number of carbonyl (C=O) groups is 1. The highest BCUT2D eigenvalue weighted by Crippen LogP contribution is 2.31. The van der Waals surface area contributed by atoms with Gasteiger partial charge in [0.05, 0.1) is 32.9 Å². The maximum absolute atomic E-state index is 13.0. The first kappa shape index (κ1) is 21.5. The van der Waals surface area contributed by atoms with Crippen LogP contribution in [0.4, 0.5) is 0 Å². The number of hydrogen-bond donors (Lipinski definition) is 1. The van der Waals surface area contributed by atoms with E-state index in [1.807, 2.05) is 68.7 Å². The van der Waals surface area contributed by atoms with Crippen LogP contribution in [0.15, 0.2) is 54.6 Å². The number of ether oxygens (including phenoxy) is 3. The first-order valence-electron chi connectivity index (χ1n) is 9.71. The van der Waals surface area contributed by atoms with E-state index in [0.717, 1.165) is 16.3 Å². The molecule has 0 aliphatic heterocycles. The van der Waals surface area contributed by atoms with Crippen LogP contribution in [0.2, 0.25) is 0 Å². The fourth-order valence-corrected chi connectivity index (χ4v) is 3.51. The SMILES string of the molecule is COc1ccc([C@H](CNC(=O)c2cc3ccccc3cc2OC)N(C)C)cc1OC. The molecule has 0 saturated heterocycles. The molecular weight excluding hydrogens is 380 g/mol. The maximum Gasteiger partial charge on any atom is 0.255 e. The average molecular weight is 408 g/mol. The lowest BCUT2D eigenvalue weighted by Gasteiger charge is -2.26. The van der Waals surface area contributed by atoms with E-state index in [1.54, 1.807) is 21.3 Å². The van der Waals surface area contributed by atoms with E-state index in [9.17, 15) is 4.79 Å². The summed E-state index contributed by atoms with van der Waals surface area (Å²) in [4.78, 5) is 15.1. The van der Waals surface area contributed by atoms with Crippen molar-refractivity contribution in [3.05, 3.63) is 65.7 Å². The molecule has 30 heavy (non-hydrogen) atoms. The molecular formula is C24H28N2O4. The molecule has 1 atom stereocenters. The summed E-state index contributed by atoms with van der Waals surface area (Å²) < 4.78 is 16.2. The predicted molar refractivity (Wildman–Crippen MR) is 119 cm³/mol. The summed E-state index contributed by atoms with van der Waals surface area (Å²) in [5.41, 5.74) is 1.53. The number of nitrogens with zero attached hydrogens (tertiary/aromatic N) is 1. The summed E-state index contributed by atoms with van der Waals surface area (Å²) in [5.74, 6) is 1.71. The molecule has 0 heterocycles. The van der Waals surface area contributed by atoms with Crippen LogP contribution in [0.5, 0.6) is 17.2 Å². The summed E-state index contributed by atoms with van der Waals surface area (Å²) in [6.45, 7) is 0.428. The predicted octanol–water partition coefficient (Wildman–Crippen LogP) is 3.90. The van der Waals surface area contributed by atoms with E-state index in [-0.39, 0.29) is 11.9 Å². The lowest BCUT2D eigenvalue weighted by molar-refractivity contribution is 0.0939. The average Bonchev–Trinajstić information content (AvgIpc) is 2.77. The topological polar surface area (TPSA) is 60.0 Å². The minimum absolute atomic E-state index is 0.0415. The van der Waals surface area contributed by atoms with Gasteiger partial charge in [-0.1, -0.05) is 30.3 Å². The zero-order valence-corrected chi connectivity index (χ0v) is 18.1. The number of methoxy groups -OCH3 is 3. The van der Waals surface area contributed by atoms with Crippen molar-refractivity contribution in [1.29, 1.82) is 0 Å². The van der Waals surface area contributed by atoms with Gasteiger partial charge in [0.25, 0.3) is 5.91 Å². The Balaban J connectivity index is 1.83. The highest BCUT2D eigenvalue weighted by Gasteiger charge is 2.20. The van der Waals surface area contributed by atoms with Crippen LogP contribution in [0.1, 0.15) is 22.0 Å². The summed E-state index contributed by atoms with van der Waals surface area (Å²) in [5, 5.41) is 5.07. The minimum Gasteiger partial charge on any atom is -0.496 e. The first-order valence-corrected chi connectivity index (χ1v) is 9.71. The van der Waals surface area contributed by atoms with Crippen LogP contribution >= 0.6 is 0 Å². The molecule has 0 unspecified atom stereocenters. The zero-order chi connectivity index (χ0) is 21.7. The largest absolute Gasteiger partial charge is 0.496 e. The second-order valence-corrected chi connectivity index (χ2v) is 7.20. The Morgan fingerprint density at radius 1 is 0.867 bits per heavy atom. The van der Waals surface area contributed by atoms with Gasteiger partial charge in [-0.2, -0.15) is 0 Å². The molecule has 6 nitrogen and oxygen atoms in total. The molecule has 0 aromatic heterocycles. The van der Waals surface area contributed by atoms with Crippen molar-refractivity contribution in [2.45, 2.75) is 6.04 Å². The second kappa shape index (κ2) is 9.50. The number of benzene rings is 3. The standard InChI is InChI=1S/C24H28N2O4/c1-26(2)20(18-10-11-21(28-3)23(14-18)30-5)15-25-24(27)19-12-16-8-6-7-9-17(16)13-22(19)29-4/h6-14,20H,15H2,1-5H3,(H,25,27)/t20-/m0/s1. The summed E-state index contributed by atoms with van der Waals surface area (Å²) in [6, 6.07) is 17.4. The maximum atomic E-state index is 13.0. The molecule has 0 radical (unpaired) electrons. The summed E-state index contributed by atoms with van der Waals surface area (Å²) in [7, 11) is 8.75. The number of amides is 1. The van der Waals surface area contributed by atoms with Gasteiger partial charge in [-0.15, -0.1) is 0 Å². The first-order chi connectivity index (χ1) is 14.5. The van der Waals surface area contributed by atoms with E-state index >= 15 is 0 Å². The molecule has 0 saturated carbocycles. The number of rotatable bonds is 8. The molecule has 0 fully saturated rings. The van der Waals surface area contributed by atoms with Crippen molar-refractivity contribution >= 4 is 16.7 Å². The Hall–Kier alpha value is -3.25. The van der Waals surface area contributed by atoms with Crippen molar-refractivity contribution in [1.82, 2.24) is 10.2 Å². The molecule has 0 bridgehead atoms. The lowest BCUT2D eigenvalue weighted by atomic mass is 10.0. The summed E-state index contributed by atoms with van der Waals surface area (Å²) in [6.07, 6.45) is 0. The van der Waals surface area contributed by atoms with Crippen molar-refractivity contribution < 1.29 is 19.0 Å². The van der Waals surface area contributed by atoms with Gasteiger partial charge >= 0.3 is 0 Å². The summed E-state index contributed by atoms with van der Waals surface area (Å²) >= 11 is 0. The normalized spacial score (nSPS) is 11.9. The second-order valence-electron chi connectivity index (χ2n) is 7.20. The third kappa shape index (κ3) is 4.49. The van der Waals surface area contributed by atoms with Gasteiger partial charge in [0, 0.05) is 6.54 Å². The molecule has 1 N–H and O–H groups in total. The van der Waals surface area contributed by atoms with E-state index in [4.69, 9.17) is 14.2 Å². The van der Waals surface area contributed by atoms with Gasteiger partial charge in [-0.25, -0.2) is 0 Å². The Kier molecular flexibility index (Phi) is 6.79. The molecule has 3 aromatic rings. The molecule has 3 aromatic carbocycles. The number of carbonyl (C=O) groups excluding carboxylic acids is 1. The van der Waals surface area contributed by atoms with Crippen molar-refractivity contribution in [3.63, 3.8) is 0 Å². The van der Waals surface area contributed by atoms with Gasteiger partial charge in [0.15, 0.2) is 11.5 Å². The Bertz CT molecular complexity index is 1030. The van der Waals surface area contributed by atoms with Crippen LogP contribution in [-0.4, -0.2) is 52.8 Å². The number of hydrogen-bond acceptors (Lipinski definition) is 5. The fraction of sp³-hybridized carbons (Fsp3) is 0.292. The fourth-order valence-electron chi connectivity index (χ4n) is 3.51. The monoisotopic (exact) mass is 408 g/mol. The van der Waals surface area contributed by atoms with Crippen LogP contribution in [0, 0.1) is 0 Å². The number of likely N-dealkylation sites (N-methyl/N-ethyl adjacent to an activating group) is 1. The van der Waals surface area contributed by atoms with E-state index in [1.165, 1.54) is 0 Å². The van der Waals surface area contributed by atoms with Gasteiger partial charge in [-0.05, 0) is 54.7 Å². The van der Waals surface area contributed by atoms with E-state index < -0.39 is 0 Å². The zero-order valence-electron chi connectivity index (χ0n) is 18.1. The minimum atomic E-state index is -0.176. The van der Waals surface area contributed by atoms with Gasteiger partial charge in [0.2, 0.25) is 0 Å². The van der Waals surface area contributed by atoms with Gasteiger partial charge < -0.3 is 24.4 Å². The Labute approximate surface area is 177 Å². The number of nitrogens with one attached hydrogen (secondary N) is 1. The lowest BCUT2D eigenvalue weighted by Crippen LogP contribution is -2.34. The van der Waals surface area contributed by atoms with Crippen LogP contribution in [-0.2, 0) is 0 Å². The molecule has 6 heteroatoms. The van der Waals surface area contributed by atoms with Crippen LogP contribution in [0.25, 0.3) is 10.8 Å². The third-order valence-electron chi connectivity index (χ3n) is 5.18. The number of fused-ring (bicyclic) bond motifs is 1.